The van der Waals surface area contributed by atoms with Crippen molar-refractivity contribution in [3.63, 3.8) is 0 Å². The lowest BCUT2D eigenvalue weighted by atomic mass is 10.2. The molecule has 0 atom stereocenters. The van der Waals surface area contributed by atoms with Crippen LogP contribution in [0.5, 0.6) is 0 Å². The summed E-state index contributed by atoms with van der Waals surface area (Å²) in [4.78, 5) is 22.3. The Morgan fingerprint density at radius 2 is 2.16 bits per heavy atom. The van der Waals surface area contributed by atoms with Gasteiger partial charge in [0.15, 0.2) is 0 Å². The molecule has 0 bridgehead atoms. The van der Waals surface area contributed by atoms with Gasteiger partial charge in [-0.1, -0.05) is 24.3 Å². The van der Waals surface area contributed by atoms with E-state index in [1.165, 1.54) is 13.2 Å². The molecular weight excluding hydrogens is 248 g/mol. The zero-order chi connectivity index (χ0) is 14.1. The lowest BCUT2D eigenvalue weighted by Crippen LogP contribution is -2.33. The number of methoxy groups -OCH3 is 1. The summed E-state index contributed by atoms with van der Waals surface area (Å²) in [5, 5.41) is 15.3. The fraction of sp³-hybridized carbons (Fsp3) is 0.231. The van der Waals surface area contributed by atoms with Gasteiger partial charge in [-0.25, -0.2) is 9.90 Å². The second-order valence-corrected chi connectivity index (χ2v) is 3.58. The fourth-order valence-corrected chi connectivity index (χ4v) is 1.30. The van der Waals surface area contributed by atoms with Crippen LogP contribution in [-0.4, -0.2) is 32.3 Å². The normalized spacial score (nSPS) is 10.2. The first-order chi connectivity index (χ1) is 9.15. The van der Waals surface area contributed by atoms with Crippen LogP contribution in [0.3, 0.4) is 0 Å². The standard InChI is InChI=1S/C13H15N2O4/c1-19-12(17)9-14-13(18)15-11-6-2-4-10(8-11)5-3-7-16/h2-6,8H,7,9H2,1H3,(H2,14,15,18)/b5-3+. The van der Waals surface area contributed by atoms with E-state index in [-0.39, 0.29) is 13.2 Å². The highest BCUT2D eigenvalue weighted by Crippen LogP contribution is 2.11. The van der Waals surface area contributed by atoms with Crippen molar-refractivity contribution >= 4 is 23.8 Å². The molecule has 0 fully saturated rings. The smallest absolute Gasteiger partial charge is 0.325 e. The molecular formula is C13H15N2O4. The van der Waals surface area contributed by atoms with Crippen LogP contribution in [0.15, 0.2) is 30.3 Å². The molecule has 1 aromatic carbocycles. The first-order valence-corrected chi connectivity index (χ1v) is 5.62. The topological polar surface area (TPSA) is 87.3 Å². The first kappa shape index (κ1) is 14.7. The van der Waals surface area contributed by atoms with Gasteiger partial charge in [0, 0.05) is 5.69 Å². The summed E-state index contributed by atoms with van der Waals surface area (Å²) >= 11 is 0. The summed E-state index contributed by atoms with van der Waals surface area (Å²) in [6.45, 7) is -0.491. The highest BCUT2D eigenvalue weighted by atomic mass is 16.5. The van der Waals surface area contributed by atoms with Gasteiger partial charge in [-0.3, -0.25) is 4.79 Å². The minimum absolute atomic E-state index is 0.196. The van der Waals surface area contributed by atoms with Crippen molar-refractivity contribution in [1.29, 1.82) is 0 Å². The van der Waals surface area contributed by atoms with Gasteiger partial charge in [-0.2, -0.15) is 0 Å². The number of carbonyl (C=O) groups excluding carboxylic acids is 2. The number of esters is 1. The zero-order valence-electron chi connectivity index (χ0n) is 10.5. The maximum atomic E-state index is 11.5. The molecule has 0 aliphatic rings. The maximum Gasteiger partial charge on any atom is 0.325 e. The van der Waals surface area contributed by atoms with Crippen LogP contribution in [0.25, 0.3) is 6.08 Å². The van der Waals surface area contributed by atoms with Gasteiger partial charge in [-0.15, -0.1) is 0 Å². The molecule has 2 amide bonds. The number of urea groups is 1. The third-order valence-electron chi connectivity index (χ3n) is 2.17. The van der Waals surface area contributed by atoms with Crippen molar-refractivity contribution in [2.24, 2.45) is 0 Å². The van der Waals surface area contributed by atoms with Gasteiger partial charge < -0.3 is 15.4 Å². The van der Waals surface area contributed by atoms with Crippen molar-refractivity contribution in [3.8, 4) is 0 Å². The number of hydrogen-bond donors (Lipinski definition) is 2. The van der Waals surface area contributed by atoms with Crippen molar-refractivity contribution in [2.75, 3.05) is 25.6 Å². The maximum absolute atomic E-state index is 11.5. The highest BCUT2D eigenvalue weighted by Gasteiger charge is 2.05. The predicted octanol–water partition coefficient (Wildman–Crippen LogP) is 1.42. The molecule has 0 saturated carbocycles. The molecule has 0 aliphatic heterocycles. The van der Waals surface area contributed by atoms with Crippen molar-refractivity contribution in [2.45, 2.75) is 0 Å². The van der Waals surface area contributed by atoms with E-state index in [9.17, 15) is 14.7 Å². The zero-order valence-corrected chi connectivity index (χ0v) is 10.5. The lowest BCUT2D eigenvalue weighted by Gasteiger charge is -2.07. The number of nitrogens with one attached hydrogen (secondary N) is 2. The average molecular weight is 263 g/mol. The van der Waals surface area contributed by atoms with Gasteiger partial charge >= 0.3 is 12.0 Å². The van der Waals surface area contributed by atoms with Gasteiger partial charge in [0.2, 0.25) is 0 Å². The minimum atomic E-state index is -0.526. The van der Waals surface area contributed by atoms with Gasteiger partial charge in [0.05, 0.1) is 7.11 Å². The molecule has 0 unspecified atom stereocenters. The van der Waals surface area contributed by atoms with Crippen molar-refractivity contribution < 1.29 is 19.4 Å². The van der Waals surface area contributed by atoms with Gasteiger partial charge in [-0.05, 0) is 17.7 Å². The molecule has 6 heteroatoms. The van der Waals surface area contributed by atoms with E-state index in [0.717, 1.165) is 5.56 Å². The van der Waals surface area contributed by atoms with Crippen LogP contribution < -0.4 is 10.6 Å². The number of hydrogen-bond acceptors (Lipinski definition) is 3. The van der Waals surface area contributed by atoms with E-state index in [1.54, 1.807) is 24.3 Å². The summed E-state index contributed by atoms with van der Waals surface area (Å²) in [6, 6.07) is 6.47. The summed E-state index contributed by atoms with van der Waals surface area (Å²) in [5.74, 6) is -0.526. The molecule has 0 saturated heterocycles. The Balaban J connectivity index is 2.54. The van der Waals surface area contributed by atoms with Gasteiger partial charge in [0.1, 0.15) is 13.2 Å². The molecule has 1 rings (SSSR count). The van der Waals surface area contributed by atoms with Crippen LogP contribution in [0.2, 0.25) is 0 Å². The molecule has 1 radical (unpaired) electrons. The van der Waals surface area contributed by atoms with E-state index in [0.29, 0.717) is 5.69 Å². The van der Waals surface area contributed by atoms with E-state index in [2.05, 4.69) is 15.4 Å². The monoisotopic (exact) mass is 263 g/mol. The Hall–Kier alpha value is -2.34. The van der Waals surface area contributed by atoms with E-state index in [4.69, 9.17) is 0 Å². The molecule has 6 nitrogen and oxygen atoms in total. The number of carbonyl (C=O) groups is 2. The van der Waals surface area contributed by atoms with Crippen LogP contribution in [0, 0.1) is 0 Å². The Kier molecular flexibility index (Phi) is 6.11. The minimum Gasteiger partial charge on any atom is -0.468 e. The average Bonchev–Trinajstić information content (AvgIpc) is 2.43. The Bertz CT molecular complexity index is 471. The summed E-state index contributed by atoms with van der Waals surface area (Å²) in [6.07, 6.45) is 3.15. The van der Waals surface area contributed by atoms with Crippen LogP contribution >= 0.6 is 0 Å². The Morgan fingerprint density at radius 3 is 2.84 bits per heavy atom. The summed E-state index contributed by atoms with van der Waals surface area (Å²) in [7, 11) is 1.24. The lowest BCUT2D eigenvalue weighted by molar-refractivity contribution is -0.139. The molecule has 1 aromatic rings. The quantitative estimate of drug-likeness (QED) is 0.788. The predicted molar refractivity (Wildman–Crippen MR) is 70.1 cm³/mol. The fourth-order valence-electron chi connectivity index (χ4n) is 1.30. The summed E-state index contributed by atoms with van der Waals surface area (Å²) < 4.78 is 4.39. The molecule has 0 spiro atoms. The van der Waals surface area contributed by atoms with Crippen molar-refractivity contribution in [3.05, 3.63) is 35.9 Å². The Morgan fingerprint density at radius 1 is 1.37 bits per heavy atom. The number of amides is 2. The summed E-state index contributed by atoms with van der Waals surface area (Å²) in [5.41, 5.74) is 1.37. The van der Waals surface area contributed by atoms with Crippen LogP contribution in [0.4, 0.5) is 10.5 Å². The van der Waals surface area contributed by atoms with Crippen molar-refractivity contribution in [1.82, 2.24) is 5.32 Å². The van der Waals surface area contributed by atoms with Crippen LogP contribution in [-0.2, 0) is 14.6 Å². The molecule has 0 heterocycles. The van der Waals surface area contributed by atoms with E-state index >= 15 is 0 Å². The number of ether oxygens (including phenoxy) is 1. The van der Waals surface area contributed by atoms with Crippen LogP contribution in [0.1, 0.15) is 5.56 Å². The Labute approximate surface area is 111 Å². The van der Waals surface area contributed by atoms with E-state index in [1.807, 2.05) is 6.07 Å². The first-order valence-electron chi connectivity index (χ1n) is 5.62. The highest BCUT2D eigenvalue weighted by molar-refractivity contribution is 5.91. The molecule has 0 aromatic heterocycles. The number of benzene rings is 1. The number of anilines is 1. The second kappa shape index (κ2) is 7.88. The SMILES string of the molecule is COC(=O)CNC(=O)Nc1cccc(/C=C/C[O])c1. The second-order valence-electron chi connectivity index (χ2n) is 3.58. The largest absolute Gasteiger partial charge is 0.468 e. The number of rotatable bonds is 5. The molecule has 2 N–H and O–H groups in total. The molecule has 0 aliphatic carbocycles. The third kappa shape index (κ3) is 5.69. The molecule has 101 valence electrons. The van der Waals surface area contributed by atoms with E-state index < -0.39 is 12.0 Å². The third-order valence-corrected chi connectivity index (χ3v) is 2.17. The molecule has 19 heavy (non-hydrogen) atoms. The van der Waals surface area contributed by atoms with Gasteiger partial charge in [0.25, 0.3) is 0 Å².